The zero-order valence-electron chi connectivity index (χ0n) is 13.6. The third-order valence-corrected chi connectivity index (χ3v) is 4.87. The maximum Gasteiger partial charge on any atom is 0.297 e. The summed E-state index contributed by atoms with van der Waals surface area (Å²) in [6, 6.07) is 20.7. The van der Waals surface area contributed by atoms with Gasteiger partial charge in [0, 0.05) is 15.5 Å². The predicted molar refractivity (Wildman–Crippen MR) is 107 cm³/mol. The van der Waals surface area contributed by atoms with Crippen molar-refractivity contribution in [1.29, 1.82) is 0 Å². The molecule has 6 heteroatoms. The van der Waals surface area contributed by atoms with Gasteiger partial charge in [0.25, 0.3) is 5.91 Å². The Balaban J connectivity index is 1.74. The number of hydrazine groups is 1. The van der Waals surface area contributed by atoms with Crippen LogP contribution < -0.4 is 5.43 Å². The lowest BCUT2D eigenvalue weighted by Crippen LogP contribution is -2.37. The molecular weight excluding hydrogens is 366 g/mol. The van der Waals surface area contributed by atoms with Crippen LogP contribution in [0.2, 0.25) is 5.02 Å². The van der Waals surface area contributed by atoms with Crippen LogP contribution in [0, 0.1) is 0 Å². The molecule has 0 spiro atoms. The molecule has 0 fully saturated rings. The lowest BCUT2D eigenvalue weighted by molar-refractivity contribution is -0.121. The first kappa shape index (κ1) is 16.6. The van der Waals surface area contributed by atoms with Gasteiger partial charge in [-0.2, -0.15) is 5.01 Å². The number of para-hydroxylation sites is 1. The molecule has 26 heavy (non-hydrogen) atoms. The smallest absolute Gasteiger partial charge is 0.290 e. The number of nitrogens with one attached hydrogen (secondary N) is 1. The Kier molecular flexibility index (Phi) is 4.56. The fraction of sp³-hybridized carbons (Fsp3) is 0. The van der Waals surface area contributed by atoms with E-state index in [0.29, 0.717) is 16.6 Å². The quantitative estimate of drug-likeness (QED) is 0.644. The van der Waals surface area contributed by atoms with Crippen LogP contribution in [0.1, 0.15) is 10.4 Å². The van der Waals surface area contributed by atoms with Gasteiger partial charge in [0.15, 0.2) is 5.84 Å². The Morgan fingerprint density at radius 1 is 1.00 bits per heavy atom. The van der Waals surface area contributed by atoms with E-state index in [0.717, 1.165) is 16.1 Å². The summed E-state index contributed by atoms with van der Waals surface area (Å²) in [6.07, 6.45) is 1.80. The van der Waals surface area contributed by atoms with Gasteiger partial charge in [0.05, 0.1) is 5.69 Å². The minimum Gasteiger partial charge on any atom is -0.290 e. The zero-order valence-corrected chi connectivity index (χ0v) is 15.2. The Morgan fingerprint density at radius 3 is 2.46 bits per heavy atom. The Labute approximate surface area is 160 Å². The summed E-state index contributed by atoms with van der Waals surface area (Å²) in [4.78, 5) is 18.5. The van der Waals surface area contributed by atoms with E-state index < -0.39 is 0 Å². The van der Waals surface area contributed by atoms with Crippen molar-refractivity contribution in [1.82, 2.24) is 5.01 Å². The molecule has 128 valence electrons. The second-order valence-corrected chi connectivity index (χ2v) is 7.02. The number of amidine groups is 1. The SMILES string of the molecule is O=C1C(=Cc2cccs2)N=C(c2ccc(Cl)cc2)N1Nc1ccccc1. The highest BCUT2D eigenvalue weighted by Gasteiger charge is 2.31. The van der Waals surface area contributed by atoms with Gasteiger partial charge in [-0.3, -0.25) is 10.2 Å². The molecule has 0 atom stereocenters. The van der Waals surface area contributed by atoms with Gasteiger partial charge in [0.2, 0.25) is 0 Å². The highest BCUT2D eigenvalue weighted by molar-refractivity contribution is 7.10. The van der Waals surface area contributed by atoms with Gasteiger partial charge in [-0.05, 0) is 53.9 Å². The lowest BCUT2D eigenvalue weighted by atomic mass is 10.2. The average molecular weight is 380 g/mol. The fourth-order valence-electron chi connectivity index (χ4n) is 2.56. The van der Waals surface area contributed by atoms with Crippen molar-refractivity contribution in [2.75, 3.05) is 5.43 Å². The molecule has 1 amide bonds. The molecule has 4 nitrogen and oxygen atoms in total. The van der Waals surface area contributed by atoms with Gasteiger partial charge in [-0.15, -0.1) is 11.3 Å². The minimum atomic E-state index is -0.202. The van der Waals surface area contributed by atoms with E-state index in [1.165, 1.54) is 5.01 Å². The van der Waals surface area contributed by atoms with Crippen LogP contribution in [-0.2, 0) is 4.79 Å². The van der Waals surface area contributed by atoms with Gasteiger partial charge in [-0.25, -0.2) is 4.99 Å². The van der Waals surface area contributed by atoms with Crippen LogP contribution in [0.4, 0.5) is 5.69 Å². The summed E-state index contributed by atoms with van der Waals surface area (Å²) in [6.45, 7) is 0. The monoisotopic (exact) mass is 379 g/mol. The third-order valence-electron chi connectivity index (χ3n) is 3.80. The molecule has 4 rings (SSSR count). The highest BCUT2D eigenvalue weighted by atomic mass is 35.5. The Morgan fingerprint density at radius 2 is 1.77 bits per heavy atom. The lowest BCUT2D eigenvalue weighted by Gasteiger charge is -2.20. The molecule has 3 aromatic rings. The van der Waals surface area contributed by atoms with Gasteiger partial charge in [0.1, 0.15) is 5.70 Å². The Hall–Kier alpha value is -2.89. The van der Waals surface area contributed by atoms with E-state index in [1.54, 1.807) is 29.5 Å². The molecule has 2 heterocycles. The highest BCUT2D eigenvalue weighted by Crippen LogP contribution is 2.25. The number of carbonyl (C=O) groups is 1. The van der Waals surface area contributed by atoms with Crippen molar-refractivity contribution < 1.29 is 4.79 Å². The molecule has 0 unspecified atom stereocenters. The number of amides is 1. The van der Waals surface area contributed by atoms with Crippen LogP contribution in [-0.4, -0.2) is 16.8 Å². The molecule has 1 aliphatic heterocycles. The molecule has 0 radical (unpaired) electrons. The van der Waals surface area contributed by atoms with E-state index in [9.17, 15) is 4.79 Å². The first-order valence-electron chi connectivity index (χ1n) is 7.97. The van der Waals surface area contributed by atoms with E-state index in [1.807, 2.05) is 60.0 Å². The maximum atomic E-state index is 12.9. The number of aliphatic imine (C=N–C) groups is 1. The number of rotatable bonds is 4. The van der Waals surface area contributed by atoms with E-state index in [2.05, 4.69) is 10.4 Å². The second kappa shape index (κ2) is 7.15. The minimum absolute atomic E-state index is 0.202. The fourth-order valence-corrected chi connectivity index (χ4v) is 3.34. The molecular formula is C20H14ClN3OS. The van der Waals surface area contributed by atoms with Crippen LogP contribution in [0.5, 0.6) is 0 Å². The van der Waals surface area contributed by atoms with Crippen molar-refractivity contribution in [2.24, 2.45) is 4.99 Å². The molecule has 0 saturated carbocycles. The molecule has 0 saturated heterocycles. The summed E-state index contributed by atoms with van der Waals surface area (Å²) < 4.78 is 0. The van der Waals surface area contributed by atoms with Crippen LogP contribution >= 0.6 is 22.9 Å². The average Bonchev–Trinajstić information content (AvgIpc) is 3.27. The number of hydrogen-bond donors (Lipinski definition) is 1. The number of thiophene rings is 1. The normalized spacial score (nSPS) is 15.4. The summed E-state index contributed by atoms with van der Waals surface area (Å²) in [5, 5.41) is 4.07. The van der Waals surface area contributed by atoms with Gasteiger partial charge < -0.3 is 0 Å². The molecule has 2 aromatic carbocycles. The van der Waals surface area contributed by atoms with Crippen molar-refractivity contribution in [3.05, 3.63) is 93.3 Å². The number of hydrogen-bond acceptors (Lipinski definition) is 4. The number of nitrogens with zero attached hydrogens (tertiary/aromatic N) is 2. The third kappa shape index (κ3) is 3.40. The number of anilines is 1. The van der Waals surface area contributed by atoms with Gasteiger partial charge >= 0.3 is 0 Å². The van der Waals surface area contributed by atoms with Crippen molar-refractivity contribution in [3.63, 3.8) is 0 Å². The summed E-state index contributed by atoms with van der Waals surface area (Å²) in [7, 11) is 0. The van der Waals surface area contributed by atoms with Crippen molar-refractivity contribution >= 4 is 46.4 Å². The standard InChI is InChI=1S/C20H14ClN3OS/c21-15-10-8-14(9-11-15)19-22-18(13-17-7-4-12-26-17)20(25)24(19)23-16-5-2-1-3-6-16/h1-13,23H. The van der Waals surface area contributed by atoms with Gasteiger partial charge in [-0.1, -0.05) is 35.9 Å². The zero-order chi connectivity index (χ0) is 17.9. The summed E-state index contributed by atoms with van der Waals surface area (Å²) >= 11 is 7.55. The molecule has 1 aromatic heterocycles. The molecule has 0 bridgehead atoms. The predicted octanol–water partition coefficient (Wildman–Crippen LogP) is 5.06. The molecule has 1 aliphatic rings. The maximum absolute atomic E-state index is 12.9. The van der Waals surface area contributed by atoms with Crippen LogP contribution in [0.25, 0.3) is 6.08 Å². The Bertz CT molecular complexity index is 980. The molecule has 1 N–H and O–H groups in total. The second-order valence-electron chi connectivity index (χ2n) is 5.61. The first-order valence-corrected chi connectivity index (χ1v) is 9.22. The number of halogens is 1. The summed E-state index contributed by atoms with van der Waals surface area (Å²) in [5.41, 5.74) is 5.15. The topological polar surface area (TPSA) is 44.7 Å². The van der Waals surface area contributed by atoms with E-state index >= 15 is 0 Å². The number of benzene rings is 2. The summed E-state index contributed by atoms with van der Waals surface area (Å²) in [5.74, 6) is 0.338. The van der Waals surface area contributed by atoms with E-state index in [4.69, 9.17) is 11.6 Å². The van der Waals surface area contributed by atoms with Crippen LogP contribution in [0.15, 0.2) is 82.8 Å². The van der Waals surface area contributed by atoms with Crippen LogP contribution in [0.3, 0.4) is 0 Å². The first-order chi connectivity index (χ1) is 12.7. The van der Waals surface area contributed by atoms with E-state index in [-0.39, 0.29) is 5.91 Å². The number of carbonyl (C=O) groups excluding carboxylic acids is 1. The van der Waals surface area contributed by atoms with Crippen molar-refractivity contribution in [2.45, 2.75) is 0 Å². The largest absolute Gasteiger partial charge is 0.297 e. The molecule has 0 aliphatic carbocycles. The van der Waals surface area contributed by atoms with Crippen molar-refractivity contribution in [3.8, 4) is 0 Å².